The molecule has 0 spiro atoms. The van der Waals surface area contributed by atoms with Crippen molar-refractivity contribution >= 4 is 11.5 Å². The monoisotopic (exact) mass is 262 g/mol. The highest BCUT2D eigenvalue weighted by Gasteiger charge is 2.20. The molecule has 0 unspecified atom stereocenters. The lowest BCUT2D eigenvalue weighted by Crippen LogP contribution is -2.25. The molecule has 3 N–H and O–H groups in total. The van der Waals surface area contributed by atoms with Gasteiger partial charge in [-0.15, -0.1) is 0 Å². The van der Waals surface area contributed by atoms with Crippen molar-refractivity contribution in [3.05, 3.63) is 54.1 Å². The molecule has 0 aromatic heterocycles. The van der Waals surface area contributed by atoms with Crippen LogP contribution < -0.4 is 0 Å². The van der Waals surface area contributed by atoms with Crippen molar-refractivity contribution in [1.82, 2.24) is 0 Å². The number of rotatable bonds is 2. The SMILES string of the molecule is CCC(=O)O.OC1(O)C=CC(c2ccccc2)=CC1. The summed E-state index contributed by atoms with van der Waals surface area (Å²) >= 11 is 0. The maximum atomic E-state index is 9.37. The Bertz CT molecular complexity index is 472. The maximum Gasteiger partial charge on any atom is 0.303 e. The van der Waals surface area contributed by atoms with Gasteiger partial charge in [-0.2, -0.15) is 0 Å². The van der Waals surface area contributed by atoms with Gasteiger partial charge >= 0.3 is 5.97 Å². The van der Waals surface area contributed by atoms with E-state index in [0.29, 0.717) is 0 Å². The van der Waals surface area contributed by atoms with E-state index < -0.39 is 11.8 Å². The van der Waals surface area contributed by atoms with Gasteiger partial charge in [-0.3, -0.25) is 4.79 Å². The molecule has 0 aliphatic heterocycles. The van der Waals surface area contributed by atoms with Gasteiger partial charge in [0.2, 0.25) is 0 Å². The van der Waals surface area contributed by atoms with Crippen molar-refractivity contribution in [2.24, 2.45) is 0 Å². The quantitative estimate of drug-likeness (QED) is 0.714. The lowest BCUT2D eigenvalue weighted by atomic mass is 9.97. The summed E-state index contributed by atoms with van der Waals surface area (Å²) < 4.78 is 0. The van der Waals surface area contributed by atoms with E-state index in [-0.39, 0.29) is 12.8 Å². The summed E-state index contributed by atoms with van der Waals surface area (Å²) in [4.78, 5) is 9.37. The molecule has 102 valence electrons. The molecular formula is C15H18O4. The number of allylic oxidation sites excluding steroid dienone is 2. The van der Waals surface area contributed by atoms with Gasteiger partial charge in [-0.05, 0) is 17.2 Å². The molecule has 0 bridgehead atoms. The number of hydrogen-bond acceptors (Lipinski definition) is 3. The average molecular weight is 262 g/mol. The fourth-order valence-corrected chi connectivity index (χ4v) is 1.46. The van der Waals surface area contributed by atoms with Gasteiger partial charge < -0.3 is 15.3 Å². The summed E-state index contributed by atoms with van der Waals surface area (Å²) in [5.41, 5.74) is 2.13. The Labute approximate surface area is 112 Å². The number of benzene rings is 1. The summed E-state index contributed by atoms with van der Waals surface area (Å²) in [6, 6.07) is 9.88. The molecule has 2 rings (SSSR count). The van der Waals surface area contributed by atoms with Crippen molar-refractivity contribution in [2.75, 3.05) is 0 Å². The highest BCUT2D eigenvalue weighted by atomic mass is 16.5. The van der Waals surface area contributed by atoms with E-state index >= 15 is 0 Å². The molecule has 1 aromatic carbocycles. The minimum absolute atomic E-state index is 0.222. The van der Waals surface area contributed by atoms with Crippen molar-refractivity contribution in [2.45, 2.75) is 25.6 Å². The molecular weight excluding hydrogens is 244 g/mol. The van der Waals surface area contributed by atoms with Crippen LogP contribution >= 0.6 is 0 Å². The predicted molar refractivity (Wildman–Crippen MR) is 73.3 cm³/mol. The van der Waals surface area contributed by atoms with Crippen molar-refractivity contribution < 1.29 is 20.1 Å². The number of carboxylic acids is 1. The third kappa shape index (κ3) is 5.50. The first kappa shape index (κ1) is 15.1. The van der Waals surface area contributed by atoms with Gasteiger partial charge in [0, 0.05) is 12.8 Å². The molecule has 1 aliphatic rings. The van der Waals surface area contributed by atoms with E-state index in [0.717, 1.165) is 11.1 Å². The fourth-order valence-electron chi connectivity index (χ4n) is 1.46. The van der Waals surface area contributed by atoms with Crippen molar-refractivity contribution in [3.8, 4) is 0 Å². The number of carboxylic acid groups (broad SMARTS) is 1. The van der Waals surface area contributed by atoms with Crippen LogP contribution in [-0.4, -0.2) is 27.1 Å². The van der Waals surface area contributed by atoms with Crippen molar-refractivity contribution in [1.29, 1.82) is 0 Å². The number of hydrogen-bond donors (Lipinski definition) is 3. The summed E-state index contributed by atoms with van der Waals surface area (Å²) in [6.45, 7) is 1.60. The molecule has 0 fully saturated rings. The van der Waals surface area contributed by atoms with Crippen LogP contribution in [0.3, 0.4) is 0 Å². The smallest absolute Gasteiger partial charge is 0.303 e. The molecule has 0 atom stereocenters. The molecule has 1 aromatic rings. The van der Waals surface area contributed by atoms with E-state index in [9.17, 15) is 15.0 Å². The predicted octanol–water partition coefficient (Wildman–Crippen LogP) is 2.19. The molecule has 0 saturated carbocycles. The van der Waals surface area contributed by atoms with Crippen LogP contribution in [0.25, 0.3) is 5.57 Å². The maximum absolute atomic E-state index is 9.37. The summed E-state index contributed by atoms with van der Waals surface area (Å²) in [6.07, 6.45) is 5.44. The fraction of sp³-hybridized carbons (Fsp3) is 0.267. The highest BCUT2D eigenvalue weighted by Crippen LogP contribution is 2.24. The average Bonchev–Trinajstić information content (AvgIpc) is 2.40. The Morgan fingerprint density at radius 1 is 1.26 bits per heavy atom. The Morgan fingerprint density at radius 3 is 2.26 bits per heavy atom. The van der Waals surface area contributed by atoms with Crippen LogP contribution in [0.5, 0.6) is 0 Å². The van der Waals surface area contributed by atoms with Crippen LogP contribution in [-0.2, 0) is 4.79 Å². The Kier molecular flexibility index (Phi) is 5.48. The van der Waals surface area contributed by atoms with Crippen LogP contribution in [0.15, 0.2) is 48.6 Å². The van der Waals surface area contributed by atoms with E-state index in [4.69, 9.17) is 5.11 Å². The minimum atomic E-state index is -1.67. The van der Waals surface area contributed by atoms with Crippen LogP contribution in [0.4, 0.5) is 0 Å². The standard InChI is InChI=1S/C12H12O2.C3H6O2/c13-12(14)8-6-11(7-9-12)10-4-2-1-3-5-10;1-2-3(4)5/h1-8,13-14H,9H2;2H2,1H3,(H,4,5). The van der Waals surface area contributed by atoms with E-state index in [1.165, 1.54) is 6.08 Å². The topological polar surface area (TPSA) is 77.8 Å². The zero-order valence-electron chi connectivity index (χ0n) is 10.8. The van der Waals surface area contributed by atoms with Gasteiger partial charge in [0.15, 0.2) is 5.79 Å². The van der Waals surface area contributed by atoms with Crippen LogP contribution in [0.1, 0.15) is 25.3 Å². The normalized spacial score (nSPS) is 16.1. The summed E-state index contributed by atoms with van der Waals surface area (Å²) in [5.74, 6) is -2.41. The van der Waals surface area contributed by atoms with Gasteiger partial charge in [0.25, 0.3) is 0 Å². The number of aliphatic hydroxyl groups is 2. The molecule has 0 saturated heterocycles. The van der Waals surface area contributed by atoms with Gasteiger partial charge in [-0.1, -0.05) is 49.4 Å². The Hall–Kier alpha value is -1.91. The van der Waals surface area contributed by atoms with Crippen molar-refractivity contribution in [3.63, 3.8) is 0 Å². The van der Waals surface area contributed by atoms with Gasteiger partial charge in [0.1, 0.15) is 0 Å². The lowest BCUT2D eigenvalue weighted by Gasteiger charge is -2.19. The first-order valence-electron chi connectivity index (χ1n) is 6.06. The molecule has 1 aliphatic carbocycles. The number of carbonyl (C=O) groups is 1. The molecule has 0 heterocycles. The largest absolute Gasteiger partial charge is 0.481 e. The second-order valence-corrected chi connectivity index (χ2v) is 4.19. The van der Waals surface area contributed by atoms with Gasteiger partial charge in [0.05, 0.1) is 0 Å². The molecule has 0 amide bonds. The Balaban J connectivity index is 0.000000312. The van der Waals surface area contributed by atoms with Crippen LogP contribution in [0, 0.1) is 0 Å². The van der Waals surface area contributed by atoms with E-state index in [2.05, 4.69) is 0 Å². The third-order valence-electron chi connectivity index (χ3n) is 2.56. The summed E-state index contributed by atoms with van der Waals surface area (Å²) in [5, 5.41) is 26.2. The Morgan fingerprint density at radius 2 is 1.84 bits per heavy atom. The van der Waals surface area contributed by atoms with E-state index in [1.807, 2.05) is 36.4 Å². The zero-order valence-corrected chi connectivity index (χ0v) is 10.8. The third-order valence-corrected chi connectivity index (χ3v) is 2.56. The highest BCUT2D eigenvalue weighted by molar-refractivity contribution is 5.75. The first-order valence-corrected chi connectivity index (χ1v) is 6.06. The van der Waals surface area contributed by atoms with Crippen LogP contribution in [0.2, 0.25) is 0 Å². The lowest BCUT2D eigenvalue weighted by molar-refractivity contribution is -0.136. The number of aliphatic carboxylic acids is 1. The molecule has 0 radical (unpaired) electrons. The molecule has 19 heavy (non-hydrogen) atoms. The van der Waals surface area contributed by atoms with E-state index in [1.54, 1.807) is 13.0 Å². The second-order valence-electron chi connectivity index (χ2n) is 4.19. The first-order chi connectivity index (χ1) is 8.94. The molecule has 4 heteroatoms. The summed E-state index contributed by atoms with van der Waals surface area (Å²) in [7, 11) is 0. The zero-order chi connectivity index (χ0) is 14.3. The second kappa shape index (κ2) is 6.87. The molecule has 4 nitrogen and oxygen atoms in total. The van der Waals surface area contributed by atoms with Gasteiger partial charge in [-0.25, -0.2) is 0 Å². The minimum Gasteiger partial charge on any atom is -0.481 e.